The minimum atomic E-state index is -0.491. The number of rotatable bonds is 2. The van der Waals surface area contributed by atoms with Crippen LogP contribution in [0.4, 0.5) is 10.1 Å². The van der Waals surface area contributed by atoms with Gasteiger partial charge in [0.05, 0.1) is 9.83 Å². The maximum Gasteiger partial charge on any atom is 0.224 e. The normalized spacial score (nSPS) is 15.7. The van der Waals surface area contributed by atoms with Gasteiger partial charge in [-0.2, -0.15) is 0 Å². The van der Waals surface area contributed by atoms with E-state index < -0.39 is 6.04 Å². The van der Waals surface area contributed by atoms with E-state index in [9.17, 15) is 9.18 Å². The number of carbonyl (C=O) groups excluding carboxylic acids is 1. The van der Waals surface area contributed by atoms with Crippen LogP contribution >= 0.6 is 27.3 Å². The second-order valence-corrected chi connectivity index (χ2v) is 7.19. The monoisotopic (exact) mass is 354 g/mol. The van der Waals surface area contributed by atoms with Gasteiger partial charge in [-0.1, -0.05) is 0 Å². The molecule has 0 radical (unpaired) electrons. The molecule has 6 heteroatoms. The summed E-state index contributed by atoms with van der Waals surface area (Å²) < 4.78 is 15.2. The summed E-state index contributed by atoms with van der Waals surface area (Å²) in [6.07, 6.45) is 1.05. The quantitative estimate of drug-likeness (QED) is 0.865. The largest absolute Gasteiger partial charge is 0.326 e. The van der Waals surface area contributed by atoms with Crippen LogP contribution in [0.5, 0.6) is 0 Å². The summed E-state index contributed by atoms with van der Waals surface area (Å²) in [6, 6.07) is 6.43. The number of amides is 1. The third-order valence-electron chi connectivity index (χ3n) is 3.35. The molecule has 1 aliphatic rings. The number of halogens is 2. The Morgan fingerprint density at radius 2 is 2.15 bits per heavy atom. The third kappa shape index (κ3) is 2.51. The lowest BCUT2D eigenvalue weighted by Gasteiger charge is -2.20. The van der Waals surface area contributed by atoms with Crippen LogP contribution in [0.15, 0.2) is 28.1 Å². The average molecular weight is 355 g/mol. The van der Waals surface area contributed by atoms with Gasteiger partial charge in [-0.15, -0.1) is 11.3 Å². The number of carbonyl (C=O) groups is 1. The Hall–Kier alpha value is -1.24. The first-order chi connectivity index (χ1) is 9.54. The first-order valence-electron chi connectivity index (χ1n) is 6.17. The Morgan fingerprint density at radius 3 is 2.85 bits per heavy atom. The van der Waals surface area contributed by atoms with Gasteiger partial charge in [0.1, 0.15) is 5.82 Å². The Balaban J connectivity index is 2.00. The fourth-order valence-corrected chi connectivity index (χ4v) is 3.75. The van der Waals surface area contributed by atoms with E-state index in [-0.39, 0.29) is 11.7 Å². The van der Waals surface area contributed by atoms with Gasteiger partial charge in [0.15, 0.2) is 0 Å². The van der Waals surface area contributed by atoms with Gasteiger partial charge in [0.25, 0.3) is 0 Å². The van der Waals surface area contributed by atoms with Crippen molar-refractivity contribution in [1.29, 1.82) is 0 Å². The molecule has 20 heavy (non-hydrogen) atoms. The number of fused-ring (bicyclic) bond motifs is 1. The van der Waals surface area contributed by atoms with Crippen molar-refractivity contribution in [2.45, 2.75) is 18.9 Å². The zero-order valence-corrected chi connectivity index (χ0v) is 12.9. The van der Waals surface area contributed by atoms with Gasteiger partial charge in [0.2, 0.25) is 5.91 Å². The van der Waals surface area contributed by atoms with E-state index in [2.05, 4.69) is 21.2 Å². The molecule has 0 saturated heterocycles. The van der Waals surface area contributed by atoms with Crippen molar-refractivity contribution in [3.8, 4) is 0 Å². The van der Waals surface area contributed by atoms with Gasteiger partial charge in [0, 0.05) is 22.5 Å². The molecule has 104 valence electrons. The maximum atomic E-state index is 14.2. The molecule has 3 rings (SSSR count). The Morgan fingerprint density at radius 1 is 1.35 bits per heavy atom. The van der Waals surface area contributed by atoms with Gasteiger partial charge >= 0.3 is 0 Å². The topological polar surface area (TPSA) is 55.1 Å². The van der Waals surface area contributed by atoms with Crippen molar-refractivity contribution < 1.29 is 9.18 Å². The van der Waals surface area contributed by atoms with Crippen LogP contribution in [-0.4, -0.2) is 5.91 Å². The van der Waals surface area contributed by atoms with Crippen molar-refractivity contribution in [1.82, 2.24) is 0 Å². The van der Waals surface area contributed by atoms with Crippen molar-refractivity contribution in [3.05, 3.63) is 49.9 Å². The van der Waals surface area contributed by atoms with E-state index in [4.69, 9.17) is 5.73 Å². The number of anilines is 1. The van der Waals surface area contributed by atoms with Crippen LogP contribution in [0.3, 0.4) is 0 Å². The van der Waals surface area contributed by atoms with Crippen LogP contribution in [0.2, 0.25) is 0 Å². The predicted octanol–water partition coefficient (Wildman–Crippen LogP) is 3.58. The summed E-state index contributed by atoms with van der Waals surface area (Å²) >= 11 is 4.87. The molecule has 1 atom stereocenters. The first-order valence-corrected chi connectivity index (χ1v) is 7.78. The number of aryl methyl sites for hydroxylation is 1. The molecule has 1 amide bonds. The molecular weight excluding hydrogens is 343 g/mol. The smallest absolute Gasteiger partial charge is 0.224 e. The molecule has 1 aromatic heterocycles. The van der Waals surface area contributed by atoms with E-state index in [0.29, 0.717) is 24.1 Å². The molecule has 0 aliphatic carbocycles. The Bertz CT molecular complexity index is 686. The fourth-order valence-electron chi connectivity index (χ4n) is 2.31. The van der Waals surface area contributed by atoms with E-state index in [1.54, 1.807) is 6.07 Å². The lowest BCUT2D eigenvalue weighted by Crippen LogP contribution is -2.21. The highest BCUT2D eigenvalue weighted by molar-refractivity contribution is 9.11. The van der Waals surface area contributed by atoms with Crippen LogP contribution in [-0.2, 0) is 11.2 Å². The SMILES string of the molecule is NC(c1ccc(Br)s1)c1cc2c(cc1F)NC(=O)CC2. The molecule has 1 aromatic carbocycles. The average Bonchev–Trinajstić information content (AvgIpc) is 2.84. The summed E-state index contributed by atoms with van der Waals surface area (Å²) in [7, 11) is 0. The highest BCUT2D eigenvalue weighted by atomic mass is 79.9. The van der Waals surface area contributed by atoms with E-state index in [0.717, 1.165) is 14.2 Å². The van der Waals surface area contributed by atoms with Gasteiger partial charge in [-0.25, -0.2) is 4.39 Å². The number of hydrogen-bond donors (Lipinski definition) is 2. The molecule has 1 unspecified atom stereocenters. The molecule has 0 bridgehead atoms. The van der Waals surface area contributed by atoms with Crippen molar-refractivity contribution in [3.63, 3.8) is 0 Å². The summed E-state index contributed by atoms with van der Waals surface area (Å²) in [5.74, 6) is -0.459. The Kier molecular flexibility index (Phi) is 3.62. The zero-order chi connectivity index (χ0) is 14.3. The molecule has 0 spiro atoms. The molecule has 0 fully saturated rings. The summed E-state index contributed by atoms with van der Waals surface area (Å²) in [5.41, 5.74) is 8.11. The van der Waals surface area contributed by atoms with E-state index in [1.807, 2.05) is 12.1 Å². The minimum Gasteiger partial charge on any atom is -0.326 e. The molecule has 1 aliphatic heterocycles. The molecule has 3 nitrogen and oxygen atoms in total. The van der Waals surface area contributed by atoms with Gasteiger partial charge in [-0.3, -0.25) is 4.79 Å². The van der Waals surface area contributed by atoms with Crippen LogP contribution in [0, 0.1) is 5.82 Å². The molecular formula is C14H12BrFN2OS. The Labute approximate surface area is 128 Å². The second-order valence-electron chi connectivity index (χ2n) is 4.70. The predicted molar refractivity (Wildman–Crippen MR) is 81.4 cm³/mol. The minimum absolute atomic E-state index is 0.0730. The highest BCUT2D eigenvalue weighted by Crippen LogP contribution is 2.34. The lowest BCUT2D eigenvalue weighted by molar-refractivity contribution is -0.116. The zero-order valence-electron chi connectivity index (χ0n) is 10.5. The summed E-state index contributed by atoms with van der Waals surface area (Å²) in [6.45, 7) is 0. The van der Waals surface area contributed by atoms with Gasteiger partial charge in [-0.05, 0) is 52.2 Å². The van der Waals surface area contributed by atoms with E-state index in [1.165, 1.54) is 17.4 Å². The molecule has 2 aromatic rings. The lowest BCUT2D eigenvalue weighted by atomic mass is 9.96. The standard InChI is InChI=1S/C14H12BrFN2OS/c15-12-3-2-11(20-12)14(17)8-5-7-1-4-13(19)18-10(7)6-9(8)16/h2-3,5-6,14H,1,4,17H2,(H,18,19). The summed E-state index contributed by atoms with van der Waals surface area (Å²) in [4.78, 5) is 12.2. The second kappa shape index (κ2) is 5.27. The number of nitrogens with two attached hydrogens (primary N) is 1. The maximum absolute atomic E-state index is 14.2. The van der Waals surface area contributed by atoms with Gasteiger partial charge < -0.3 is 11.1 Å². The molecule has 0 saturated carbocycles. The molecule has 3 N–H and O–H groups in total. The molecule has 2 heterocycles. The number of benzene rings is 1. The summed E-state index contributed by atoms with van der Waals surface area (Å²) in [5, 5.41) is 2.69. The van der Waals surface area contributed by atoms with Crippen molar-refractivity contribution in [2.75, 3.05) is 5.32 Å². The van der Waals surface area contributed by atoms with E-state index >= 15 is 0 Å². The number of hydrogen-bond acceptors (Lipinski definition) is 3. The highest BCUT2D eigenvalue weighted by Gasteiger charge is 2.21. The van der Waals surface area contributed by atoms with Crippen molar-refractivity contribution in [2.24, 2.45) is 5.73 Å². The van der Waals surface area contributed by atoms with Crippen molar-refractivity contribution >= 4 is 38.9 Å². The number of thiophene rings is 1. The number of nitrogens with one attached hydrogen (secondary N) is 1. The third-order valence-corrected chi connectivity index (χ3v) is 5.06. The first kappa shape index (κ1) is 13.7. The van der Waals surface area contributed by atoms with Crippen LogP contribution in [0.1, 0.15) is 28.5 Å². The fraction of sp³-hybridized carbons (Fsp3) is 0.214. The van der Waals surface area contributed by atoms with Crippen LogP contribution < -0.4 is 11.1 Å². The van der Waals surface area contributed by atoms with Crippen LogP contribution in [0.25, 0.3) is 0 Å².